The number of carboxylic acids is 1. The molecule has 3 aromatic rings. The summed E-state index contributed by atoms with van der Waals surface area (Å²) in [5, 5.41) is 17.7. The number of aliphatic carboxylic acids is 1. The van der Waals surface area contributed by atoms with Crippen molar-refractivity contribution in [3.63, 3.8) is 0 Å². The van der Waals surface area contributed by atoms with Crippen LogP contribution in [-0.2, 0) is 9.53 Å². The Kier molecular flexibility index (Phi) is 8.06. The minimum absolute atomic E-state index is 0.188. The predicted octanol–water partition coefficient (Wildman–Crippen LogP) is 4.30. The minimum Gasteiger partial charge on any atom is -0.480 e. The fourth-order valence-electron chi connectivity index (χ4n) is 3.26. The highest BCUT2D eigenvalue weighted by Gasteiger charge is 2.18. The van der Waals surface area contributed by atoms with E-state index in [0.29, 0.717) is 12.6 Å². The van der Waals surface area contributed by atoms with Gasteiger partial charge in [-0.05, 0) is 26.7 Å². The number of unbranched alkanes of at least 4 members (excludes halogenated alkanes) is 1. The molecule has 0 aliphatic heterocycles. The Labute approximate surface area is 182 Å². The van der Waals surface area contributed by atoms with E-state index in [1.165, 1.54) is 0 Å². The molecular formula is C24H28N4O3. The summed E-state index contributed by atoms with van der Waals surface area (Å²) in [7, 11) is 0. The molecule has 7 heteroatoms. The van der Waals surface area contributed by atoms with Crippen LogP contribution in [0, 0.1) is 0 Å². The zero-order valence-electron chi connectivity index (χ0n) is 17.9. The van der Waals surface area contributed by atoms with Gasteiger partial charge in [0.15, 0.2) is 0 Å². The average molecular weight is 421 g/mol. The van der Waals surface area contributed by atoms with E-state index in [9.17, 15) is 4.79 Å². The van der Waals surface area contributed by atoms with Crippen molar-refractivity contribution in [1.82, 2.24) is 15.2 Å². The Morgan fingerprint density at radius 2 is 1.55 bits per heavy atom. The van der Waals surface area contributed by atoms with Crippen molar-refractivity contribution in [2.45, 2.75) is 32.7 Å². The Bertz CT molecular complexity index is 965. The highest BCUT2D eigenvalue weighted by atomic mass is 16.5. The number of benzene rings is 2. The Morgan fingerprint density at radius 3 is 2.13 bits per heavy atom. The maximum atomic E-state index is 10.5. The van der Waals surface area contributed by atoms with Crippen molar-refractivity contribution in [2.24, 2.45) is 0 Å². The number of nitrogens with zero attached hydrogens (tertiary/aromatic N) is 4. The minimum atomic E-state index is -0.949. The fourth-order valence-corrected chi connectivity index (χ4v) is 3.26. The summed E-state index contributed by atoms with van der Waals surface area (Å²) < 4.78 is 5.12. The molecule has 1 heterocycles. The van der Waals surface area contributed by atoms with Gasteiger partial charge in [0.2, 0.25) is 5.95 Å². The lowest BCUT2D eigenvalue weighted by Crippen LogP contribution is -2.34. The molecule has 0 fully saturated rings. The number of hydrogen-bond donors (Lipinski definition) is 1. The van der Waals surface area contributed by atoms with E-state index in [1.807, 2.05) is 60.7 Å². The van der Waals surface area contributed by atoms with Crippen molar-refractivity contribution < 1.29 is 14.6 Å². The van der Waals surface area contributed by atoms with Gasteiger partial charge in [-0.3, -0.25) is 0 Å². The van der Waals surface area contributed by atoms with Crippen LogP contribution < -0.4 is 4.90 Å². The molecule has 0 unspecified atom stereocenters. The molecule has 31 heavy (non-hydrogen) atoms. The number of aromatic nitrogens is 3. The van der Waals surface area contributed by atoms with E-state index in [0.717, 1.165) is 41.9 Å². The maximum Gasteiger partial charge on any atom is 0.329 e. The first-order chi connectivity index (χ1) is 15.1. The Morgan fingerprint density at radius 1 is 0.935 bits per heavy atom. The molecule has 0 radical (unpaired) electrons. The third-order valence-electron chi connectivity index (χ3n) is 4.81. The van der Waals surface area contributed by atoms with Gasteiger partial charge in [-0.1, -0.05) is 60.7 Å². The van der Waals surface area contributed by atoms with Crippen LogP contribution in [0.25, 0.3) is 22.5 Å². The van der Waals surface area contributed by atoms with Gasteiger partial charge in [0.25, 0.3) is 0 Å². The molecule has 0 spiro atoms. The molecule has 1 aromatic heterocycles. The van der Waals surface area contributed by atoms with Crippen LogP contribution in [0.15, 0.2) is 60.7 Å². The normalized spacial score (nSPS) is 10.9. The first-order valence-electron chi connectivity index (χ1n) is 10.5. The topological polar surface area (TPSA) is 88.4 Å². The van der Waals surface area contributed by atoms with E-state index in [-0.39, 0.29) is 12.6 Å². The number of carbonyl (C=O) groups is 1. The molecule has 0 bridgehead atoms. The first kappa shape index (κ1) is 22.4. The first-order valence-corrected chi connectivity index (χ1v) is 10.5. The van der Waals surface area contributed by atoms with E-state index < -0.39 is 5.97 Å². The summed E-state index contributed by atoms with van der Waals surface area (Å²) >= 11 is 0. The average Bonchev–Trinajstić information content (AvgIpc) is 2.79. The smallest absolute Gasteiger partial charge is 0.329 e. The quantitative estimate of drug-likeness (QED) is 0.463. The molecule has 0 saturated heterocycles. The molecule has 0 aliphatic carbocycles. The van der Waals surface area contributed by atoms with Gasteiger partial charge >= 0.3 is 5.97 Å². The van der Waals surface area contributed by atoms with Gasteiger partial charge < -0.3 is 14.7 Å². The molecular weight excluding hydrogens is 392 g/mol. The van der Waals surface area contributed by atoms with E-state index in [2.05, 4.69) is 28.9 Å². The van der Waals surface area contributed by atoms with Gasteiger partial charge in [-0.2, -0.15) is 0 Å². The largest absolute Gasteiger partial charge is 0.480 e. The van der Waals surface area contributed by atoms with Crippen LogP contribution in [-0.4, -0.2) is 52.1 Å². The summed E-state index contributed by atoms with van der Waals surface area (Å²) in [6, 6.07) is 20.2. The number of carboxylic acid groups (broad SMARTS) is 1. The number of hydrogen-bond acceptors (Lipinski definition) is 6. The van der Waals surface area contributed by atoms with E-state index in [1.54, 1.807) is 0 Å². The van der Waals surface area contributed by atoms with Gasteiger partial charge in [-0.15, -0.1) is 10.2 Å². The number of ether oxygens (including phenoxy) is 1. The van der Waals surface area contributed by atoms with Crippen molar-refractivity contribution in [3.8, 4) is 22.5 Å². The highest BCUT2D eigenvalue weighted by Crippen LogP contribution is 2.29. The predicted molar refractivity (Wildman–Crippen MR) is 121 cm³/mol. The Balaban J connectivity index is 1.83. The maximum absolute atomic E-state index is 10.5. The van der Waals surface area contributed by atoms with Crippen LogP contribution >= 0.6 is 0 Å². The van der Waals surface area contributed by atoms with Crippen molar-refractivity contribution in [1.29, 1.82) is 0 Å². The molecule has 0 saturated carbocycles. The van der Waals surface area contributed by atoms with Crippen molar-refractivity contribution in [3.05, 3.63) is 60.7 Å². The lowest BCUT2D eigenvalue weighted by molar-refractivity contribution is -0.142. The van der Waals surface area contributed by atoms with Gasteiger partial charge in [0.05, 0.1) is 0 Å². The van der Waals surface area contributed by atoms with Gasteiger partial charge in [0, 0.05) is 30.3 Å². The van der Waals surface area contributed by atoms with Gasteiger partial charge in [-0.25, -0.2) is 9.78 Å². The summed E-state index contributed by atoms with van der Waals surface area (Å²) in [6.45, 7) is 5.08. The standard InChI is InChI=1S/C24H28N4O3/c1-18(2)28(15-9-10-16-31-17-21(29)30)24-25-22(19-11-5-3-6-12-19)23(26-27-24)20-13-7-4-8-14-20/h3-8,11-14,18H,9-10,15-17H2,1-2H3,(H,29,30). The molecule has 2 aromatic carbocycles. The Hall–Kier alpha value is -3.32. The van der Waals surface area contributed by atoms with Crippen LogP contribution in [0.5, 0.6) is 0 Å². The molecule has 1 N–H and O–H groups in total. The van der Waals surface area contributed by atoms with Crippen LogP contribution in [0.4, 0.5) is 5.95 Å². The second-order valence-electron chi connectivity index (χ2n) is 7.48. The number of anilines is 1. The number of rotatable bonds is 11. The summed E-state index contributed by atoms with van der Waals surface area (Å²) in [5.74, 6) is -0.366. The van der Waals surface area contributed by atoms with Gasteiger partial charge in [0.1, 0.15) is 18.0 Å². The third-order valence-corrected chi connectivity index (χ3v) is 4.81. The second-order valence-corrected chi connectivity index (χ2v) is 7.48. The molecule has 3 rings (SSSR count). The lowest BCUT2D eigenvalue weighted by atomic mass is 10.0. The SMILES string of the molecule is CC(C)N(CCCCOCC(=O)O)c1nnc(-c2ccccc2)c(-c2ccccc2)n1. The van der Waals surface area contributed by atoms with E-state index >= 15 is 0 Å². The molecule has 0 amide bonds. The molecule has 0 aliphatic rings. The van der Waals surface area contributed by atoms with Crippen molar-refractivity contribution in [2.75, 3.05) is 24.7 Å². The fraction of sp³-hybridized carbons (Fsp3) is 0.333. The van der Waals surface area contributed by atoms with Crippen LogP contribution in [0.3, 0.4) is 0 Å². The summed E-state index contributed by atoms with van der Waals surface area (Å²) in [4.78, 5) is 17.6. The summed E-state index contributed by atoms with van der Waals surface area (Å²) in [5.41, 5.74) is 3.51. The molecule has 7 nitrogen and oxygen atoms in total. The highest BCUT2D eigenvalue weighted by molar-refractivity contribution is 5.78. The lowest BCUT2D eigenvalue weighted by Gasteiger charge is -2.27. The molecule has 0 atom stereocenters. The van der Waals surface area contributed by atoms with Crippen molar-refractivity contribution >= 4 is 11.9 Å². The molecule has 162 valence electrons. The van der Waals surface area contributed by atoms with Crippen LogP contribution in [0.1, 0.15) is 26.7 Å². The third kappa shape index (κ3) is 6.33. The van der Waals surface area contributed by atoms with Crippen LogP contribution in [0.2, 0.25) is 0 Å². The zero-order valence-corrected chi connectivity index (χ0v) is 17.9. The zero-order chi connectivity index (χ0) is 22.1. The summed E-state index contributed by atoms with van der Waals surface area (Å²) in [6.07, 6.45) is 1.60. The van der Waals surface area contributed by atoms with E-state index in [4.69, 9.17) is 14.8 Å². The second kappa shape index (κ2) is 11.2. The monoisotopic (exact) mass is 420 g/mol.